The normalized spacial score (nSPS) is 56.4. The number of allylic oxidation sites excluding steroid dienone is 1. The van der Waals surface area contributed by atoms with Crippen LogP contribution in [0.4, 0.5) is 0 Å². The predicted molar refractivity (Wildman–Crippen MR) is 111 cm³/mol. The van der Waals surface area contributed by atoms with Gasteiger partial charge in [-0.15, -0.1) is 0 Å². The minimum Gasteiger partial charge on any atom is -0.462 e. The third-order valence-corrected chi connectivity index (χ3v) is 11.1. The number of rotatable bonds is 1. The van der Waals surface area contributed by atoms with Crippen LogP contribution in [0.5, 0.6) is 0 Å². The van der Waals surface area contributed by atoms with E-state index in [1.54, 1.807) is 0 Å². The van der Waals surface area contributed by atoms with Crippen LogP contribution in [0.3, 0.4) is 0 Å². The van der Waals surface area contributed by atoms with Gasteiger partial charge in [0.05, 0.1) is 12.7 Å². The van der Waals surface area contributed by atoms with Gasteiger partial charge in [0, 0.05) is 23.5 Å². The maximum Gasteiger partial charge on any atom is 0.334 e. The quantitative estimate of drug-likeness (QED) is 0.648. The largest absolute Gasteiger partial charge is 0.462 e. The van der Waals surface area contributed by atoms with Crippen LogP contribution >= 0.6 is 0 Å². The second-order valence-corrected chi connectivity index (χ2v) is 12.0. The standard InChI is InChI=1S/C25H38O4/c1-22(14-26)9-5-10-23(2)17(22)8-11-24(3)18-7-6-15-16(13-29-21(15)28)25(18,4)20(27)12-19(23)24/h6,16-20,26-27H,5,7-14H2,1-4H3/t16-,17+,18+,19-,20-,22-,23+,24+,25-/m1/s1. The molecule has 29 heavy (non-hydrogen) atoms. The number of cyclic esters (lactones) is 1. The Morgan fingerprint density at radius 3 is 2.52 bits per heavy atom. The molecule has 5 aliphatic rings. The number of carbonyl (C=O) groups excluding carboxylic acids is 1. The summed E-state index contributed by atoms with van der Waals surface area (Å²) >= 11 is 0. The van der Waals surface area contributed by atoms with Gasteiger partial charge in [-0.1, -0.05) is 40.2 Å². The Kier molecular flexibility index (Phi) is 4.22. The molecule has 1 aliphatic heterocycles. The summed E-state index contributed by atoms with van der Waals surface area (Å²) in [7, 11) is 0. The predicted octanol–water partition coefficient (Wildman–Crippen LogP) is 4.10. The smallest absolute Gasteiger partial charge is 0.334 e. The van der Waals surface area contributed by atoms with E-state index in [9.17, 15) is 15.0 Å². The van der Waals surface area contributed by atoms with E-state index >= 15 is 0 Å². The number of aliphatic hydroxyl groups is 2. The van der Waals surface area contributed by atoms with Gasteiger partial charge in [0.1, 0.15) is 0 Å². The number of carbonyl (C=O) groups is 1. The number of aliphatic hydroxyl groups excluding tert-OH is 2. The van der Waals surface area contributed by atoms with Gasteiger partial charge in [0.25, 0.3) is 0 Å². The lowest BCUT2D eigenvalue weighted by atomic mass is 9.34. The van der Waals surface area contributed by atoms with Gasteiger partial charge in [-0.05, 0) is 72.5 Å². The van der Waals surface area contributed by atoms with Crippen molar-refractivity contribution < 1.29 is 19.7 Å². The maximum atomic E-state index is 12.2. The first-order valence-corrected chi connectivity index (χ1v) is 11.8. The van der Waals surface area contributed by atoms with E-state index in [4.69, 9.17) is 4.74 Å². The van der Waals surface area contributed by atoms with Gasteiger partial charge in [-0.2, -0.15) is 0 Å². The molecule has 3 saturated carbocycles. The van der Waals surface area contributed by atoms with Crippen molar-refractivity contribution in [3.63, 3.8) is 0 Å². The first-order valence-electron chi connectivity index (χ1n) is 11.8. The van der Waals surface area contributed by atoms with Gasteiger partial charge in [-0.3, -0.25) is 0 Å². The molecule has 2 N–H and O–H groups in total. The molecule has 4 heteroatoms. The summed E-state index contributed by atoms with van der Waals surface area (Å²) < 4.78 is 5.43. The first-order chi connectivity index (χ1) is 13.6. The van der Waals surface area contributed by atoms with Crippen molar-refractivity contribution >= 4 is 5.97 Å². The van der Waals surface area contributed by atoms with Crippen molar-refractivity contribution in [3.8, 4) is 0 Å². The molecule has 0 radical (unpaired) electrons. The Bertz CT molecular complexity index is 760. The van der Waals surface area contributed by atoms with E-state index in [1.165, 1.54) is 19.3 Å². The zero-order valence-corrected chi connectivity index (χ0v) is 18.5. The van der Waals surface area contributed by atoms with Crippen molar-refractivity contribution in [2.24, 2.45) is 45.3 Å². The molecule has 9 atom stereocenters. The number of ether oxygens (including phenoxy) is 1. The van der Waals surface area contributed by atoms with Crippen molar-refractivity contribution in [3.05, 3.63) is 11.6 Å². The van der Waals surface area contributed by atoms with Crippen LogP contribution in [0.25, 0.3) is 0 Å². The molecule has 0 aromatic carbocycles. The fraction of sp³-hybridized carbons (Fsp3) is 0.880. The summed E-state index contributed by atoms with van der Waals surface area (Å²) in [4.78, 5) is 12.2. The van der Waals surface area contributed by atoms with Crippen LogP contribution in [0, 0.1) is 45.3 Å². The van der Waals surface area contributed by atoms with Crippen molar-refractivity contribution in [1.82, 2.24) is 0 Å². The highest BCUT2D eigenvalue weighted by Crippen LogP contribution is 2.73. The fourth-order valence-electron chi connectivity index (χ4n) is 9.52. The molecule has 0 unspecified atom stereocenters. The summed E-state index contributed by atoms with van der Waals surface area (Å²) in [6, 6.07) is 0. The second-order valence-electron chi connectivity index (χ2n) is 12.0. The number of esters is 1. The molecule has 0 bridgehead atoms. The van der Waals surface area contributed by atoms with Crippen molar-refractivity contribution in [2.75, 3.05) is 13.2 Å². The molecule has 1 saturated heterocycles. The summed E-state index contributed by atoms with van der Waals surface area (Å²) in [6.45, 7) is 10.2. The summed E-state index contributed by atoms with van der Waals surface area (Å²) in [5, 5.41) is 21.9. The van der Waals surface area contributed by atoms with Crippen molar-refractivity contribution in [1.29, 1.82) is 0 Å². The van der Waals surface area contributed by atoms with Crippen LogP contribution in [-0.4, -0.2) is 35.5 Å². The molecular formula is C25H38O4. The van der Waals surface area contributed by atoms with E-state index in [-0.39, 0.29) is 40.2 Å². The van der Waals surface area contributed by atoms with Crippen LogP contribution in [0.2, 0.25) is 0 Å². The second kappa shape index (κ2) is 6.09. The summed E-state index contributed by atoms with van der Waals surface area (Å²) in [6.07, 6.45) is 9.23. The molecule has 4 aliphatic carbocycles. The van der Waals surface area contributed by atoms with Crippen molar-refractivity contribution in [2.45, 2.75) is 78.7 Å². The van der Waals surface area contributed by atoms with Gasteiger partial charge < -0.3 is 14.9 Å². The minimum absolute atomic E-state index is 0.00534. The van der Waals surface area contributed by atoms with E-state index < -0.39 is 6.10 Å². The van der Waals surface area contributed by atoms with Crippen LogP contribution in [0.1, 0.15) is 72.6 Å². The average molecular weight is 403 g/mol. The lowest BCUT2D eigenvalue weighted by Gasteiger charge is -2.70. The third kappa shape index (κ3) is 2.31. The minimum atomic E-state index is -0.411. The lowest BCUT2D eigenvalue weighted by Crippen LogP contribution is -2.66. The van der Waals surface area contributed by atoms with Crippen LogP contribution < -0.4 is 0 Å². The highest BCUT2D eigenvalue weighted by atomic mass is 16.5. The number of hydrogen-bond donors (Lipinski definition) is 2. The SMILES string of the molecule is C[C@]1(CO)CCC[C@]2(C)[C@H]3C[C@@H](O)[C@]4(C)[C@@H]5COC(=O)C5=CC[C@H]4[C@]3(C)CC[C@@H]12. The third-order valence-electron chi connectivity index (χ3n) is 11.1. The van der Waals surface area contributed by atoms with Gasteiger partial charge in [0.2, 0.25) is 0 Å². The average Bonchev–Trinajstić information content (AvgIpc) is 3.06. The lowest BCUT2D eigenvalue weighted by molar-refractivity contribution is -0.237. The molecule has 0 aromatic heterocycles. The van der Waals surface area contributed by atoms with Gasteiger partial charge >= 0.3 is 5.97 Å². The molecule has 5 rings (SSSR count). The summed E-state index contributed by atoms with van der Waals surface area (Å²) in [5.41, 5.74) is 0.845. The van der Waals surface area contributed by atoms with Gasteiger partial charge in [0.15, 0.2) is 0 Å². The van der Waals surface area contributed by atoms with Crippen LogP contribution in [0.15, 0.2) is 11.6 Å². The zero-order chi connectivity index (χ0) is 20.8. The highest BCUT2D eigenvalue weighted by Gasteiger charge is 2.69. The van der Waals surface area contributed by atoms with E-state index in [2.05, 4.69) is 33.8 Å². The fourth-order valence-corrected chi connectivity index (χ4v) is 9.52. The zero-order valence-electron chi connectivity index (χ0n) is 18.5. The Labute approximate surface area is 175 Å². The Morgan fingerprint density at radius 1 is 1.07 bits per heavy atom. The first kappa shape index (κ1) is 20.1. The molecular weight excluding hydrogens is 364 g/mol. The Balaban J connectivity index is 1.58. The molecule has 1 heterocycles. The molecule has 0 aromatic rings. The molecule has 162 valence electrons. The molecule has 0 amide bonds. The summed E-state index contributed by atoms with van der Waals surface area (Å²) in [5.74, 6) is 1.21. The number of hydrogen-bond acceptors (Lipinski definition) is 4. The maximum absolute atomic E-state index is 12.2. The Hall–Kier alpha value is -0.870. The molecule has 4 fully saturated rings. The number of fused-ring (bicyclic) bond motifs is 7. The van der Waals surface area contributed by atoms with E-state index in [0.717, 1.165) is 31.3 Å². The highest BCUT2D eigenvalue weighted by molar-refractivity contribution is 5.91. The molecule has 0 spiro atoms. The monoisotopic (exact) mass is 402 g/mol. The van der Waals surface area contributed by atoms with Crippen LogP contribution in [-0.2, 0) is 9.53 Å². The van der Waals surface area contributed by atoms with Gasteiger partial charge in [-0.25, -0.2) is 4.79 Å². The van der Waals surface area contributed by atoms with E-state index in [1.807, 2.05) is 0 Å². The topological polar surface area (TPSA) is 66.8 Å². The van der Waals surface area contributed by atoms with E-state index in [0.29, 0.717) is 24.4 Å². The molecule has 4 nitrogen and oxygen atoms in total. The Morgan fingerprint density at radius 2 is 1.79 bits per heavy atom.